The van der Waals surface area contributed by atoms with Crippen molar-refractivity contribution < 1.29 is 9.84 Å². The predicted octanol–water partition coefficient (Wildman–Crippen LogP) is 3.32. The van der Waals surface area contributed by atoms with E-state index in [0.717, 1.165) is 11.3 Å². The maximum absolute atomic E-state index is 10.1. The summed E-state index contributed by atoms with van der Waals surface area (Å²) in [6.45, 7) is 0. The van der Waals surface area contributed by atoms with Crippen LogP contribution in [0.3, 0.4) is 0 Å². The van der Waals surface area contributed by atoms with Gasteiger partial charge >= 0.3 is 0 Å². The molecule has 1 N–H and O–H groups in total. The summed E-state index contributed by atoms with van der Waals surface area (Å²) in [5.41, 5.74) is 0.836. The van der Waals surface area contributed by atoms with Crippen molar-refractivity contribution in [2.75, 3.05) is 0 Å². The van der Waals surface area contributed by atoms with E-state index < -0.39 is 6.10 Å². The third-order valence-electron chi connectivity index (χ3n) is 3.74. The molecule has 1 heterocycles. The first-order chi connectivity index (χ1) is 7.74. The Kier molecular flexibility index (Phi) is 2.56. The number of halogens is 1. The van der Waals surface area contributed by atoms with Gasteiger partial charge in [0.2, 0.25) is 0 Å². The van der Waals surface area contributed by atoms with E-state index in [1.54, 1.807) is 6.07 Å². The lowest BCUT2D eigenvalue weighted by molar-refractivity contribution is 0.0106. The van der Waals surface area contributed by atoms with Crippen molar-refractivity contribution in [2.45, 2.75) is 37.9 Å². The number of aliphatic hydroxyl groups is 1. The fraction of sp³-hybridized carbons (Fsp3) is 0.538. The van der Waals surface area contributed by atoms with Crippen molar-refractivity contribution in [3.05, 3.63) is 28.8 Å². The minimum atomic E-state index is -0.423. The van der Waals surface area contributed by atoms with Crippen LogP contribution >= 0.6 is 11.6 Å². The van der Waals surface area contributed by atoms with Crippen LogP contribution in [-0.2, 0) is 0 Å². The van der Waals surface area contributed by atoms with Crippen LogP contribution in [0.15, 0.2) is 18.2 Å². The summed E-state index contributed by atoms with van der Waals surface area (Å²) in [5, 5.41) is 10.7. The van der Waals surface area contributed by atoms with Gasteiger partial charge in [-0.25, -0.2) is 0 Å². The fourth-order valence-corrected chi connectivity index (χ4v) is 2.73. The third-order valence-corrected chi connectivity index (χ3v) is 3.98. The van der Waals surface area contributed by atoms with Crippen molar-refractivity contribution in [3.8, 4) is 5.75 Å². The third kappa shape index (κ3) is 1.70. The summed E-state index contributed by atoms with van der Waals surface area (Å²) in [6, 6.07) is 5.49. The second-order valence-electron chi connectivity index (χ2n) is 4.78. The molecule has 0 spiro atoms. The molecule has 1 aromatic rings. The molecule has 3 rings (SSSR count). The van der Waals surface area contributed by atoms with Crippen molar-refractivity contribution >= 4 is 11.6 Å². The van der Waals surface area contributed by atoms with Crippen LogP contribution in [0.2, 0.25) is 5.02 Å². The molecule has 0 radical (unpaired) electrons. The number of ether oxygens (including phenoxy) is 1. The maximum atomic E-state index is 10.1. The van der Waals surface area contributed by atoms with Crippen molar-refractivity contribution in [1.82, 2.24) is 0 Å². The van der Waals surface area contributed by atoms with Gasteiger partial charge < -0.3 is 9.84 Å². The first-order valence-electron chi connectivity index (χ1n) is 5.88. The first-order valence-corrected chi connectivity index (χ1v) is 6.26. The molecule has 3 heteroatoms. The summed E-state index contributed by atoms with van der Waals surface area (Å²) in [7, 11) is 0. The molecule has 2 atom stereocenters. The zero-order chi connectivity index (χ0) is 11.1. The summed E-state index contributed by atoms with van der Waals surface area (Å²) in [4.78, 5) is 0. The van der Waals surface area contributed by atoms with E-state index in [0.29, 0.717) is 17.4 Å². The van der Waals surface area contributed by atoms with Crippen molar-refractivity contribution in [3.63, 3.8) is 0 Å². The van der Waals surface area contributed by atoms with E-state index >= 15 is 0 Å². The Hall–Kier alpha value is -0.730. The first kappa shape index (κ1) is 10.4. The van der Waals surface area contributed by atoms with E-state index in [1.165, 1.54) is 19.3 Å². The molecule has 1 saturated carbocycles. The standard InChI is InChI=1S/C13H15ClO2/c14-9-4-5-12-10(6-9)11(15)7-13(16-12)8-2-1-3-8/h4-6,8,11,13,15H,1-3,7H2/t11-,13?/m0/s1. The van der Waals surface area contributed by atoms with Gasteiger partial charge in [-0.3, -0.25) is 0 Å². The van der Waals surface area contributed by atoms with E-state index in [1.807, 2.05) is 12.1 Å². The molecular formula is C13H15ClO2. The number of aliphatic hydroxyl groups excluding tert-OH is 1. The van der Waals surface area contributed by atoms with Gasteiger partial charge in [-0.15, -0.1) is 0 Å². The maximum Gasteiger partial charge on any atom is 0.125 e. The second-order valence-corrected chi connectivity index (χ2v) is 5.22. The van der Waals surface area contributed by atoms with E-state index in [9.17, 15) is 5.11 Å². The Morgan fingerprint density at radius 1 is 1.31 bits per heavy atom. The highest BCUT2D eigenvalue weighted by Gasteiger charge is 2.35. The molecule has 1 aromatic carbocycles. The Balaban J connectivity index is 1.87. The number of benzene rings is 1. The van der Waals surface area contributed by atoms with Gasteiger partial charge in [0.25, 0.3) is 0 Å². The largest absolute Gasteiger partial charge is 0.490 e. The average Bonchev–Trinajstić information content (AvgIpc) is 2.17. The van der Waals surface area contributed by atoms with Gasteiger partial charge in [0, 0.05) is 17.0 Å². The Morgan fingerprint density at radius 2 is 2.12 bits per heavy atom. The highest BCUT2D eigenvalue weighted by Crippen LogP contribution is 2.42. The van der Waals surface area contributed by atoms with Crippen LogP contribution in [0, 0.1) is 5.92 Å². The van der Waals surface area contributed by atoms with Crippen LogP contribution in [0.5, 0.6) is 5.75 Å². The quantitative estimate of drug-likeness (QED) is 0.813. The number of hydrogen-bond acceptors (Lipinski definition) is 2. The number of hydrogen-bond donors (Lipinski definition) is 1. The highest BCUT2D eigenvalue weighted by atomic mass is 35.5. The highest BCUT2D eigenvalue weighted by molar-refractivity contribution is 6.30. The molecule has 0 aromatic heterocycles. The summed E-state index contributed by atoms with van der Waals surface area (Å²) in [5.74, 6) is 1.44. The van der Waals surface area contributed by atoms with Crippen LogP contribution < -0.4 is 4.74 Å². The molecule has 0 amide bonds. The monoisotopic (exact) mass is 238 g/mol. The Morgan fingerprint density at radius 3 is 2.81 bits per heavy atom. The van der Waals surface area contributed by atoms with Gasteiger partial charge in [0.1, 0.15) is 11.9 Å². The molecule has 1 aliphatic carbocycles. The fourth-order valence-electron chi connectivity index (χ4n) is 2.55. The van der Waals surface area contributed by atoms with Crippen molar-refractivity contribution in [1.29, 1.82) is 0 Å². The Bertz CT molecular complexity index is 401. The van der Waals surface area contributed by atoms with Crippen LogP contribution in [0.4, 0.5) is 0 Å². The zero-order valence-corrected chi connectivity index (χ0v) is 9.78. The minimum Gasteiger partial charge on any atom is -0.490 e. The van der Waals surface area contributed by atoms with Gasteiger partial charge in [-0.05, 0) is 37.0 Å². The van der Waals surface area contributed by atoms with Crippen molar-refractivity contribution in [2.24, 2.45) is 5.92 Å². The molecule has 16 heavy (non-hydrogen) atoms. The number of fused-ring (bicyclic) bond motifs is 1. The molecule has 86 valence electrons. The summed E-state index contributed by atoms with van der Waals surface area (Å²) in [6.07, 6.45) is 4.25. The smallest absolute Gasteiger partial charge is 0.125 e. The van der Waals surface area contributed by atoms with Gasteiger partial charge in [-0.2, -0.15) is 0 Å². The molecule has 1 unspecified atom stereocenters. The van der Waals surface area contributed by atoms with Crippen LogP contribution in [0.25, 0.3) is 0 Å². The van der Waals surface area contributed by atoms with Crippen LogP contribution in [0.1, 0.15) is 37.4 Å². The second kappa shape index (κ2) is 3.94. The van der Waals surface area contributed by atoms with Gasteiger partial charge in [-0.1, -0.05) is 18.0 Å². The topological polar surface area (TPSA) is 29.5 Å². The van der Waals surface area contributed by atoms with Gasteiger partial charge in [0.05, 0.1) is 6.10 Å². The molecule has 1 aliphatic heterocycles. The minimum absolute atomic E-state index is 0.192. The van der Waals surface area contributed by atoms with Gasteiger partial charge in [0.15, 0.2) is 0 Å². The molecule has 0 bridgehead atoms. The normalized spacial score (nSPS) is 29.1. The summed E-state index contributed by atoms with van der Waals surface area (Å²) >= 11 is 5.91. The lowest BCUT2D eigenvalue weighted by atomic mass is 9.78. The molecule has 2 aliphatic rings. The lowest BCUT2D eigenvalue weighted by Gasteiger charge is -2.38. The SMILES string of the molecule is O[C@H]1CC(C2CCC2)Oc2ccc(Cl)cc21. The van der Waals surface area contributed by atoms with E-state index in [2.05, 4.69) is 0 Å². The molecule has 0 saturated heterocycles. The predicted molar refractivity (Wildman–Crippen MR) is 62.8 cm³/mol. The molecule has 2 nitrogen and oxygen atoms in total. The Labute approximate surface area is 100 Å². The summed E-state index contributed by atoms with van der Waals surface area (Å²) < 4.78 is 5.94. The van der Waals surface area contributed by atoms with E-state index in [4.69, 9.17) is 16.3 Å². The lowest BCUT2D eigenvalue weighted by Crippen LogP contribution is -2.36. The van der Waals surface area contributed by atoms with Crippen LogP contribution in [-0.4, -0.2) is 11.2 Å². The zero-order valence-electron chi connectivity index (χ0n) is 9.03. The molecular weight excluding hydrogens is 224 g/mol. The molecule has 1 fully saturated rings. The van der Waals surface area contributed by atoms with E-state index in [-0.39, 0.29) is 6.10 Å². The number of rotatable bonds is 1. The average molecular weight is 239 g/mol.